The summed E-state index contributed by atoms with van der Waals surface area (Å²) in [6.45, 7) is 6.06. The van der Waals surface area contributed by atoms with Gasteiger partial charge in [0, 0.05) is 37.6 Å². The zero-order valence-electron chi connectivity index (χ0n) is 16.5. The molecule has 1 aromatic heterocycles. The third-order valence-electron chi connectivity index (χ3n) is 5.55. The minimum absolute atomic E-state index is 0.0538. The summed E-state index contributed by atoms with van der Waals surface area (Å²) in [6.07, 6.45) is 4.13. The zero-order valence-corrected chi connectivity index (χ0v) is 16.5. The van der Waals surface area contributed by atoms with Crippen LogP contribution in [-0.2, 0) is 22.5 Å². The van der Waals surface area contributed by atoms with Crippen LogP contribution < -0.4 is 5.32 Å². The predicted octanol–water partition coefficient (Wildman–Crippen LogP) is 3.39. The van der Waals surface area contributed by atoms with Crippen LogP contribution in [0.2, 0.25) is 0 Å². The highest BCUT2D eigenvalue weighted by Crippen LogP contribution is 2.25. The molecule has 2 aliphatic heterocycles. The molecule has 4 rings (SSSR count). The summed E-state index contributed by atoms with van der Waals surface area (Å²) in [7, 11) is 0. The van der Waals surface area contributed by atoms with E-state index < -0.39 is 0 Å². The van der Waals surface area contributed by atoms with Crippen LogP contribution in [0.4, 0.5) is 5.69 Å². The summed E-state index contributed by atoms with van der Waals surface area (Å²) in [4.78, 5) is 27.3. The molecule has 0 saturated carbocycles. The molecule has 0 bridgehead atoms. The quantitative estimate of drug-likeness (QED) is 0.883. The first-order chi connectivity index (χ1) is 13.5. The fraction of sp³-hybridized carbons (Fsp3) is 0.455. The Morgan fingerprint density at radius 2 is 2.07 bits per heavy atom. The monoisotopic (exact) mass is 381 g/mol. The molecule has 3 heterocycles. The lowest BCUT2D eigenvalue weighted by Crippen LogP contribution is -2.37. The number of fused-ring (bicyclic) bond motifs is 1. The van der Waals surface area contributed by atoms with E-state index in [0.29, 0.717) is 19.7 Å². The van der Waals surface area contributed by atoms with Crippen molar-refractivity contribution in [2.45, 2.75) is 51.8 Å². The van der Waals surface area contributed by atoms with E-state index in [9.17, 15) is 9.59 Å². The predicted molar refractivity (Wildman–Crippen MR) is 107 cm³/mol. The van der Waals surface area contributed by atoms with E-state index in [-0.39, 0.29) is 24.0 Å². The van der Waals surface area contributed by atoms with E-state index in [1.165, 1.54) is 5.56 Å². The van der Waals surface area contributed by atoms with E-state index in [1.807, 2.05) is 39.9 Å². The lowest BCUT2D eigenvalue weighted by Gasteiger charge is -2.30. The molecule has 1 N–H and O–H groups in total. The molecule has 2 aromatic rings. The number of ether oxygens (including phenoxy) is 1. The number of benzene rings is 1. The molecule has 148 valence electrons. The molecule has 1 fully saturated rings. The maximum absolute atomic E-state index is 13.1. The van der Waals surface area contributed by atoms with Crippen LogP contribution in [0.15, 0.2) is 36.5 Å². The van der Waals surface area contributed by atoms with Gasteiger partial charge in [-0.2, -0.15) is 0 Å². The first-order valence-corrected chi connectivity index (χ1v) is 10.0. The number of carbonyl (C=O) groups excluding carboxylic acids is 2. The van der Waals surface area contributed by atoms with Crippen LogP contribution in [0.5, 0.6) is 0 Å². The van der Waals surface area contributed by atoms with Crippen molar-refractivity contribution in [3.05, 3.63) is 53.3 Å². The number of hydrogen-bond acceptors (Lipinski definition) is 3. The van der Waals surface area contributed by atoms with E-state index in [2.05, 4.69) is 25.2 Å². The lowest BCUT2D eigenvalue weighted by atomic mass is 9.98. The minimum atomic E-state index is -0.349. The average Bonchev–Trinajstić information content (AvgIpc) is 3.38. The number of anilines is 1. The van der Waals surface area contributed by atoms with Gasteiger partial charge in [0.15, 0.2) is 0 Å². The molecule has 0 spiro atoms. The highest BCUT2D eigenvalue weighted by molar-refractivity contribution is 5.95. The van der Waals surface area contributed by atoms with Gasteiger partial charge in [-0.1, -0.05) is 6.07 Å². The Morgan fingerprint density at radius 1 is 1.21 bits per heavy atom. The second kappa shape index (κ2) is 7.80. The van der Waals surface area contributed by atoms with Crippen LogP contribution >= 0.6 is 0 Å². The molecule has 28 heavy (non-hydrogen) atoms. The number of hydrogen-bond donors (Lipinski definition) is 1. The Kier molecular flexibility index (Phi) is 5.22. The smallest absolute Gasteiger partial charge is 0.270 e. The van der Waals surface area contributed by atoms with Crippen LogP contribution in [0, 0.1) is 0 Å². The van der Waals surface area contributed by atoms with Gasteiger partial charge in [0.25, 0.3) is 11.8 Å². The fourth-order valence-corrected chi connectivity index (χ4v) is 4.00. The molecular formula is C22H27N3O3. The Hall–Kier alpha value is -2.60. The van der Waals surface area contributed by atoms with Gasteiger partial charge in [-0.05, 0) is 68.5 Å². The van der Waals surface area contributed by atoms with Crippen LogP contribution in [0.25, 0.3) is 0 Å². The Morgan fingerprint density at radius 3 is 2.82 bits per heavy atom. The average molecular weight is 381 g/mol. The molecule has 6 heteroatoms. The van der Waals surface area contributed by atoms with Gasteiger partial charge in [-0.3, -0.25) is 9.59 Å². The maximum Gasteiger partial charge on any atom is 0.270 e. The highest BCUT2D eigenvalue weighted by Gasteiger charge is 2.26. The van der Waals surface area contributed by atoms with Crippen molar-refractivity contribution in [1.29, 1.82) is 0 Å². The maximum atomic E-state index is 13.1. The Balaban J connectivity index is 1.48. The minimum Gasteiger partial charge on any atom is -0.368 e. The topological polar surface area (TPSA) is 63.6 Å². The van der Waals surface area contributed by atoms with E-state index in [1.54, 1.807) is 0 Å². The number of nitrogens with zero attached hydrogens (tertiary/aromatic N) is 2. The van der Waals surface area contributed by atoms with Crippen LogP contribution in [0.3, 0.4) is 0 Å². The van der Waals surface area contributed by atoms with Gasteiger partial charge in [-0.15, -0.1) is 0 Å². The van der Waals surface area contributed by atoms with Crippen molar-refractivity contribution in [2.24, 2.45) is 0 Å². The van der Waals surface area contributed by atoms with Gasteiger partial charge >= 0.3 is 0 Å². The lowest BCUT2D eigenvalue weighted by molar-refractivity contribution is -0.124. The second-order valence-electron chi connectivity index (χ2n) is 7.85. The SMILES string of the molecule is CC(C)n1cccc1C(=O)N1CCc2ccc(NC(=O)C3CCCO3)cc2C1. The largest absolute Gasteiger partial charge is 0.368 e. The number of carbonyl (C=O) groups is 2. The standard InChI is InChI=1S/C22H27N3O3/c1-15(2)25-10-3-5-19(25)22(27)24-11-9-16-7-8-18(13-17(16)14-24)23-21(26)20-6-4-12-28-20/h3,5,7-8,10,13,15,20H,4,6,9,11-12,14H2,1-2H3,(H,23,26). The third-order valence-corrected chi connectivity index (χ3v) is 5.55. The van der Waals surface area contributed by atoms with E-state index in [0.717, 1.165) is 36.2 Å². The highest BCUT2D eigenvalue weighted by atomic mass is 16.5. The number of aromatic nitrogens is 1. The van der Waals surface area contributed by atoms with Gasteiger partial charge in [0.05, 0.1) is 0 Å². The first kappa shape index (κ1) is 18.7. The summed E-state index contributed by atoms with van der Waals surface area (Å²) >= 11 is 0. The molecule has 2 aliphatic rings. The number of nitrogens with one attached hydrogen (secondary N) is 1. The molecule has 1 saturated heterocycles. The zero-order chi connectivity index (χ0) is 19.7. The summed E-state index contributed by atoms with van der Waals surface area (Å²) in [5.41, 5.74) is 3.81. The first-order valence-electron chi connectivity index (χ1n) is 10.0. The summed E-state index contributed by atoms with van der Waals surface area (Å²) in [6, 6.07) is 10.0. The van der Waals surface area contributed by atoms with Crippen molar-refractivity contribution in [3.8, 4) is 0 Å². The number of rotatable bonds is 4. The van der Waals surface area contributed by atoms with Crippen LogP contribution in [-0.4, -0.2) is 40.5 Å². The van der Waals surface area contributed by atoms with Gasteiger partial charge in [0.2, 0.25) is 0 Å². The molecule has 1 unspecified atom stereocenters. The molecule has 2 amide bonds. The Labute approximate surface area is 165 Å². The Bertz CT molecular complexity index is 881. The van der Waals surface area contributed by atoms with E-state index >= 15 is 0 Å². The van der Waals surface area contributed by atoms with Gasteiger partial charge in [0.1, 0.15) is 11.8 Å². The summed E-state index contributed by atoms with van der Waals surface area (Å²) in [5, 5.41) is 2.96. The fourth-order valence-electron chi connectivity index (χ4n) is 4.00. The van der Waals surface area contributed by atoms with Crippen LogP contribution in [0.1, 0.15) is 54.3 Å². The van der Waals surface area contributed by atoms with Gasteiger partial charge in [-0.25, -0.2) is 0 Å². The summed E-state index contributed by atoms with van der Waals surface area (Å²) < 4.78 is 7.46. The molecule has 1 atom stereocenters. The van der Waals surface area contributed by atoms with Crippen molar-refractivity contribution in [3.63, 3.8) is 0 Å². The van der Waals surface area contributed by atoms with Crippen molar-refractivity contribution < 1.29 is 14.3 Å². The molecule has 6 nitrogen and oxygen atoms in total. The molecule has 0 radical (unpaired) electrons. The number of amides is 2. The van der Waals surface area contributed by atoms with Crippen molar-refractivity contribution in [1.82, 2.24) is 9.47 Å². The molecular weight excluding hydrogens is 354 g/mol. The third kappa shape index (κ3) is 3.69. The van der Waals surface area contributed by atoms with Crippen molar-refractivity contribution in [2.75, 3.05) is 18.5 Å². The molecule has 1 aromatic carbocycles. The normalized spacial score (nSPS) is 19.0. The van der Waals surface area contributed by atoms with Crippen molar-refractivity contribution >= 4 is 17.5 Å². The summed E-state index contributed by atoms with van der Waals surface area (Å²) in [5.74, 6) is -0.0332. The van der Waals surface area contributed by atoms with Gasteiger partial charge < -0.3 is 19.5 Å². The van der Waals surface area contributed by atoms with E-state index in [4.69, 9.17) is 4.74 Å². The molecule has 0 aliphatic carbocycles. The second-order valence-corrected chi connectivity index (χ2v) is 7.85.